The van der Waals surface area contributed by atoms with Gasteiger partial charge in [0.05, 0.1) is 12.1 Å². The number of aromatic hydroxyl groups is 1. The van der Waals surface area contributed by atoms with E-state index in [0.717, 1.165) is 13.2 Å². The molecule has 1 rings (SSSR count). The lowest BCUT2D eigenvalue weighted by Gasteiger charge is -2.08. The van der Waals surface area contributed by atoms with Gasteiger partial charge in [-0.3, -0.25) is 0 Å². The Morgan fingerprint density at radius 1 is 1.53 bits per heavy atom. The number of hydrogen-bond acceptors (Lipinski definition) is 4. The van der Waals surface area contributed by atoms with Crippen LogP contribution in [0.2, 0.25) is 5.02 Å². The summed E-state index contributed by atoms with van der Waals surface area (Å²) in [4.78, 5) is -1.09. The average Bonchev–Trinajstić information content (AvgIpc) is 2.09. The first-order chi connectivity index (χ1) is 6.79. The quantitative estimate of drug-likeness (QED) is 0.840. The average molecular weight is 275 g/mol. The molecule has 0 unspecified atom stereocenters. The highest BCUT2D eigenvalue weighted by atomic mass is 35.7. The molecule has 0 saturated carbocycles. The molecule has 1 aromatic carbocycles. The monoisotopic (exact) mass is 274 g/mol. The van der Waals surface area contributed by atoms with Crippen molar-refractivity contribution in [3.63, 3.8) is 0 Å². The van der Waals surface area contributed by atoms with Crippen molar-refractivity contribution in [2.24, 2.45) is 0 Å². The van der Waals surface area contributed by atoms with Gasteiger partial charge in [-0.1, -0.05) is 11.6 Å². The van der Waals surface area contributed by atoms with Gasteiger partial charge >= 0.3 is 0 Å². The van der Waals surface area contributed by atoms with E-state index in [4.69, 9.17) is 22.3 Å². The number of benzene rings is 1. The standard InChI is InChI=1S/C7H5Cl2FO4S/c1-14-4-2-3(8)6(11)7(5(4)10)15(9,12)13/h2,11H,1H3. The van der Waals surface area contributed by atoms with E-state index in [1.54, 1.807) is 0 Å². The zero-order valence-corrected chi connectivity index (χ0v) is 9.62. The van der Waals surface area contributed by atoms with Gasteiger partial charge in [-0.25, -0.2) is 12.8 Å². The predicted octanol–water partition coefficient (Wildman–Crippen LogP) is 2.12. The number of ether oxygens (including phenoxy) is 1. The molecule has 0 amide bonds. The number of rotatable bonds is 2. The first-order valence-corrected chi connectivity index (χ1v) is 6.17. The summed E-state index contributed by atoms with van der Waals surface area (Å²) in [6.45, 7) is 0. The molecule has 8 heteroatoms. The fraction of sp³-hybridized carbons (Fsp3) is 0.143. The van der Waals surface area contributed by atoms with Crippen LogP contribution in [0.3, 0.4) is 0 Å². The third-order valence-electron chi connectivity index (χ3n) is 1.58. The fourth-order valence-corrected chi connectivity index (χ4v) is 2.27. The number of methoxy groups -OCH3 is 1. The van der Waals surface area contributed by atoms with Crippen LogP contribution in [-0.2, 0) is 9.05 Å². The third-order valence-corrected chi connectivity index (χ3v) is 3.19. The van der Waals surface area contributed by atoms with E-state index < -0.39 is 31.3 Å². The second-order valence-corrected chi connectivity index (χ2v) is 5.40. The van der Waals surface area contributed by atoms with E-state index in [9.17, 15) is 17.9 Å². The molecule has 1 aromatic rings. The molecule has 1 N–H and O–H groups in total. The second kappa shape index (κ2) is 4.03. The molecule has 4 nitrogen and oxygen atoms in total. The Labute approximate surface area is 94.6 Å². The summed E-state index contributed by atoms with van der Waals surface area (Å²) in [6.07, 6.45) is 0. The molecule has 0 radical (unpaired) electrons. The lowest BCUT2D eigenvalue weighted by Crippen LogP contribution is -1.99. The lowest BCUT2D eigenvalue weighted by molar-refractivity contribution is 0.372. The van der Waals surface area contributed by atoms with Gasteiger partial charge < -0.3 is 9.84 Å². The molecule has 0 fully saturated rings. The molecule has 0 heterocycles. The van der Waals surface area contributed by atoms with Crippen LogP contribution in [0.25, 0.3) is 0 Å². The predicted molar refractivity (Wildman–Crippen MR) is 52.7 cm³/mol. The smallest absolute Gasteiger partial charge is 0.268 e. The highest BCUT2D eigenvalue weighted by Crippen LogP contribution is 2.39. The Kier molecular flexibility index (Phi) is 3.32. The molecule has 84 valence electrons. The maximum atomic E-state index is 13.4. The Hall–Kier alpha value is -0.720. The Bertz CT molecular complexity index is 500. The van der Waals surface area contributed by atoms with Crippen LogP contribution < -0.4 is 4.74 Å². The van der Waals surface area contributed by atoms with E-state index in [-0.39, 0.29) is 5.02 Å². The molecule has 0 aromatic heterocycles. The first kappa shape index (κ1) is 12.4. The van der Waals surface area contributed by atoms with Gasteiger partial charge in [-0.15, -0.1) is 0 Å². The molecule has 0 saturated heterocycles. The van der Waals surface area contributed by atoms with Crippen molar-refractivity contribution in [1.82, 2.24) is 0 Å². The Morgan fingerprint density at radius 2 is 2.07 bits per heavy atom. The summed E-state index contributed by atoms with van der Waals surface area (Å²) in [5.41, 5.74) is 0. The van der Waals surface area contributed by atoms with Crippen molar-refractivity contribution < 1.29 is 22.7 Å². The van der Waals surface area contributed by atoms with Gasteiger partial charge in [0, 0.05) is 16.7 Å². The lowest BCUT2D eigenvalue weighted by atomic mass is 10.3. The van der Waals surface area contributed by atoms with Gasteiger partial charge in [0.25, 0.3) is 9.05 Å². The maximum absolute atomic E-state index is 13.4. The zero-order valence-electron chi connectivity index (χ0n) is 7.29. The largest absolute Gasteiger partial charge is 0.505 e. The normalized spacial score (nSPS) is 11.5. The first-order valence-electron chi connectivity index (χ1n) is 3.48. The van der Waals surface area contributed by atoms with Crippen molar-refractivity contribution in [2.75, 3.05) is 7.11 Å². The molecule has 0 spiro atoms. The van der Waals surface area contributed by atoms with Crippen LogP contribution in [0, 0.1) is 5.82 Å². The Balaban J connectivity index is 3.70. The maximum Gasteiger partial charge on any atom is 0.268 e. The fourth-order valence-electron chi connectivity index (χ4n) is 0.942. The summed E-state index contributed by atoms with van der Waals surface area (Å²) in [5.74, 6) is -2.64. The van der Waals surface area contributed by atoms with Gasteiger partial charge in [-0.05, 0) is 0 Å². The van der Waals surface area contributed by atoms with Crippen molar-refractivity contribution >= 4 is 31.3 Å². The molecule has 0 aliphatic rings. The number of phenols is 1. The van der Waals surface area contributed by atoms with E-state index in [2.05, 4.69) is 4.74 Å². The minimum absolute atomic E-state index is 0.368. The van der Waals surface area contributed by atoms with E-state index in [1.165, 1.54) is 0 Å². The topological polar surface area (TPSA) is 63.6 Å². The molecule has 0 bridgehead atoms. The SMILES string of the molecule is COc1cc(Cl)c(O)c(S(=O)(=O)Cl)c1F. The Morgan fingerprint density at radius 3 is 2.47 bits per heavy atom. The summed E-state index contributed by atoms with van der Waals surface area (Å²) < 4.78 is 39.8. The summed E-state index contributed by atoms with van der Waals surface area (Å²) >= 11 is 5.46. The van der Waals surface area contributed by atoms with Crippen molar-refractivity contribution in [3.8, 4) is 11.5 Å². The number of hydrogen-bond donors (Lipinski definition) is 1. The van der Waals surface area contributed by atoms with Crippen LogP contribution in [0.5, 0.6) is 11.5 Å². The van der Waals surface area contributed by atoms with Crippen LogP contribution in [0.15, 0.2) is 11.0 Å². The number of phenolic OH excluding ortho intramolecular Hbond substituents is 1. The molecular weight excluding hydrogens is 270 g/mol. The summed E-state index contributed by atoms with van der Waals surface area (Å²) in [6, 6.07) is 0.942. The second-order valence-electron chi connectivity index (χ2n) is 2.49. The highest BCUT2D eigenvalue weighted by molar-refractivity contribution is 8.13. The minimum Gasteiger partial charge on any atom is -0.505 e. The summed E-state index contributed by atoms with van der Waals surface area (Å²) in [5, 5.41) is 8.87. The summed E-state index contributed by atoms with van der Waals surface area (Å²) in [7, 11) is 1.61. The molecule has 0 aliphatic heterocycles. The van der Waals surface area contributed by atoms with Crippen LogP contribution in [0.1, 0.15) is 0 Å². The van der Waals surface area contributed by atoms with E-state index in [0.29, 0.717) is 0 Å². The third kappa shape index (κ3) is 2.27. The van der Waals surface area contributed by atoms with Gasteiger partial charge in [-0.2, -0.15) is 0 Å². The molecule has 0 atom stereocenters. The zero-order chi connectivity index (χ0) is 11.8. The van der Waals surface area contributed by atoms with E-state index >= 15 is 0 Å². The molecule has 0 aliphatic carbocycles. The van der Waals surface area contributed by atoms with Crippen LogP contribution in [0.4, 0.5) is 4.39 Å². The van der Waals surface area contributed by atoms with Crippen molar-refractivity contribution in [1.29, 1.82) is 0 Å². The van der Waals surface area contributed by atoms with Gasteiger partial charge in [0.1, 0.15) is 0 Å². The molecule has 15 heavy (non-hydrogen) atoms. The number of halogens is 3. The van der Waals surface area contributed by atoms with Crippen LogP contribution >= 0.6 is 22.3 Å². The van der Waals surface area contributed by atoms with Gasteiger partial charge in [0.2, 0.25) is 0 Å². The minimum atomic E-state index is -4.44. The van der Waals surface area contributed by atoms with Gasteiger partial charge in [0.15, 0.2) is 22.2 Å². The van der Waals surface area contributed by atoms with Crippen molar-refractivity contribution in [2.45, 2.75) is 4.90 Å². The molecular formula is C7H5Cl2FO4S. The van der Waals surface area contributed by atoms with E-state index in [1.807, 2.05) is 0 Å². The van der Waals surface area contributed by atoms with Crippen LogP contribution in [-0.4, -0.2) is 20.6 Å². The highest BCUT2D eigenvalue weighted by Gasteiger charge is 2.27. The van der Waals surface area contributed by atoms with Crippen molar-refractivity contribution in [3.05, 3.63) is 16.9 Å².